The maximum absolute atomic E-state index is 10.5. The van der Waals surface area contributed by atoms with Gasteiger partial charge in [0.25, 0.3) is 0 Å². The number of carbonyl (C=O) groups is 2. The van der Waals surface area contributed by atoms with Crippen molar-refractivity contribution in [3.05, 3.63) is 24.5 Å². The summed E-state index contributed by atoms with van der Waals surface area (Å²) in [5, 5.41) is 2.89. The molecule has 1 N–H and O–H groups in total. The molecule has 68 valence electrons. The van der Waals surface area contributed by atoms with Gasteiger partial charge in [-0.3, -0.25) is 4.98 Å². The van der Waals surface area contributed by atoms with Crippen LogP contribution in [0, 0.1) is 0 Å². The summed E-state index contributed by atoms with van der Waals surface area (Å²) in [5.41, 5.74) is 0.786. The highest BCUT2D eigenvalue weighted by atomic mass is 16.1. The van der Waals surface area contributed by atoms with Crippen LogP contribution in [0.2, 0.25) is 0 Å². The van der Waals surface area contributed by atoms with Crippen molar-refractivity contribution < 1.29 is 9.59 Å². The molecule has 1 rings (SSSR count). The highest BCUT2D eigenvalue weighted by Gasteiger charge is 2.04. The monoisotopic (exact) mass is 178 g/mol. The molecule has 4 nitrogen and oxygen atoms in total. The first-order valence-corrected chi connectivity index (χ1v) is 3.92. The molecule has 1 heterocycles. The Morgan fingerprint density at radius 3 is 2.62 bits per heavy atom. The van der Waals surface area contributed by atoms with Crippen molar-refractivity contribution in [2.45, 2.75) is 12.5 Å². The van der Waals surface area contributed by atoms with Crippen LogP contribution in [0.25, 0.3) is 0 Å². The first-order chi connectivity index (χ1) is 6.36. The molecule has 0 bridgehead atoms. The normalized spacial score (nSPS) is 11.7. The third-order valence-corrected chi connectivity index (χ3v) is 1.55. The van der Waals surface area contributed by atoms with Crippen LogP contribution >= 0.6 is 0 Å². The topological polar surface area (TPSA) is 59.1 Å². The van der Waals surface area contributed by atoms with Gasteiger partial charge >= 0.3 is 0 Å². The Bertz CT molecular complexity index is 274. The number of carbonyl (C=O) groups excluding carboxylic acids is 2. The molecule has 1 aromatic rings. The number of pyridine rings is 1. The van der Waals surface area contributed by atoms with Gasteiger partial charge in [-0.15, -0.1) is 0 Å². The predicted molar refractivity (Wildman–Crippen MR) is 48.4 cm³/mol. The zero-order valence-corrected chi connectivity index (χ0v) is 7.01. The van der Waals surface area contributed by atoms with Crippen LogP contribution < -0.4 is 5.32 Å². The molecule has 4 heteroatoms. The smallest absolute Gasteiger partial charge is 0.142 e. The van der Waals surface area contributed by atoms with E-state index in [4.69, 9.17) is 0 Å². The number of aromatic nitrogens is 1. The number of nitrogens with zero attached hydrogens (tertiary/aromatic N) is 1. The van der Waals surface area contributed by atoms with Gasteiger partial charge in [-0.05, 0) is 12.1 Å². The Hall–Kier alpha value is -1.71. The van der Waals surface area contributed by atoms with Gasteiger partial charge in [0.15, 0.2) is 0 Å². The van der Waals surface area contributed by atoms with E-state index in [1.165, 1.54) is 0 Å². The third-order valence-electron chi connectivity index (χ3n) is 1.55. The van der Waals surface area contributed by atoms with Gasteiger partial charge in [0.05, 0.1) is 6.04 Å². The number of anilines is 1. The maximum Gasteiger partial charge on any atom is 0.142 e. The summed E-state index contributed by atoms with van der Waals surface area (Å²) in [4.78, 5) is 24.4. The molecule has 0 aliphatic rings. The lowest BCUT2D eigenvalue weighted by Gasteiger charge is -2.09. The van der Waals surface area contributed by atoms with Crippen molar-refractivity contribution in [1.82, 2.24) is 4.98 Å². The molecule has 1 atom stereocenters. The Morgan fingerprint density at radius 2 is 2.08 bits per heavy atom. The Balaban J connectivity index is 2.56. The van der Waals surface area contributed by atoms with Crippen LogP contribution in [0.5, 0.6) is 0 Å². The van der Waals surface area contributed by atoms with E-state index >= 15 is 0 Å². The molecule has 0 spiro atoms. The minimum absolute atomic E-state index is 0.186. The van der Waals surface area contributed by atoms with Crippen molar-refractivity contribution in [2.24, 2.45) is 0 Å². The van der Waals surface area contributed by atoms with Gasteiger partial charge in [0.2, 0.25) is 0 Å². The largest absolute Gasteiger partial charge is 0.375 e. The molecule has 0 saturated carbocycles. The molecule has 0 aliphatic carbocycles. The Labute approximate surface area is 76.0 Å². The Morgan fingerprint density at radius 1 is 1.38 bits per heavy atom. The lowest BCUT2D eigenvalue weighted by Crippen LogP contribution is -2.21. The second-order valence-electron chi connectivity index (χ2n) is 2.53. The standard InChI is InChI=1S/C9H10N2O2/c12-6-3-9(7-13)11-8-1-4-10-5-2-8/h1-2,4-7,9H,3H2,(H,10,11). The van der Waals surface area contributed by atoms with Crippen molar-refractivity contribution in [1.29, 1.82) is 0 Å². The van der Waals surface area contributed by atoms with Crippen molar-refractivity contribution in [3.8, 4) is 0 Å². The van der Waals surface area contributed by atoms with Crippen LogP contribution in [0.3, 0.4) is 0 Å². The van der Waals surface area contributed by atoms with Crippen LogP contribution in [0.15, 0.2) is 24.5 Å². The fourth-order valence-electron chi connectivity index (χ4n) is 0.914. The summed E-state index contributed by atoms with van der Waals surface area (Å²) in [7, 11) is 0. The van der Waals surface area contributed by atoms with E-state index < -0.39 is 6.04 Å². The van der Waals surface area contributed by atoms with Gasteiger partial charge in [0.1, 0.15) is 12.6 Å². The quantitative estimate of drug-likeness (QED) is 0.672. The minimum atomic E-state index is -0.445. The lowest BCUT2D eigenvalue weighted by atomic mass is 10.2. The zero-order valence-electron chi connectivity index (χ0n) is 7.01. The van der Waals surface area contributed by atoms with Crippen molar-refractivity contribution in [3.63, 3.8) is 0 Å². The van der Waals surface area contributed by atoms with Gasteiger partial charge in [-0.25, -0.2) is 0 Å². The molecule has 0 saturated heterocycles. The molecule has 0 aliphatic heterocycles. The maximum atomic E-state index is 10.5. The predicted octanol–water partition coefficient (Wildman–Crippen LogP) is 0.650. The molecular weight excluding hydrogens is 168 g/mol. The third kappa shape index (κ3) is 3.02. The number of rotatable bonds is 5. The molecule has 1 aromatic heterocycles. The van der Waals surface area contributed by atoms with E-state index in [-0.39, 0.29) is 6.42 Å². The lowest BCUT2D eigenvalue weighted by molar-refractivity contribution is -0.112. The van der Waals surface area contributed by atoms with E-state index in [2.05, 4.69) is 10.3 Å². The molecule has 0 radical (unpaired) electrons. The zero-order chi connectivity index (χ0) is 9.52. The molecular formula is C9H10N2O2. The second-order valence-corrected chi connectivity index (χ2v) is 2.53. The summed E-state index contributed by atoms with van der Waals surface area (Å²) in [6.45, 7) is 0. The van der Waals surface area contributed by atoms with E-state index in [0.29, 0.717) is 6.29 Å². The van der Waals surface area contributed by atoms with E-state index in [9.17, 15) is 9.59 Å². The molecule has 1 unspecified atom stereocenters. The van der Waals surface area contributed by atoms with Crippen molar-refractivity contribution in [2.75, 3.05) is 5.32 Å². The van der Waals surface area contributed by atoms with Crippen LogP contribution in [0.1, 0.15) is 6.42 Å². The summed E-state index contributed by atoms with van der Waals surface area (Å²) >= 11 is 0. The number of hydrogen-bond donors (Lipinski definition) is 1. The van der Waals surface area contributed by atoms with Gasteiger partial charge < -0.3 is 14.9 Å². The van der Waals surface area contributed by atoms with Gasteiger partial charge in [-0.1, -0.05) is 0 Å². The van der Waals surface area contributed by atoms with Crippen LogP contribution in [-0.4, -0.2) is 23.6 Å². The minimum Gasteiger partial charge on any atom is -0.375 e. The number of nitrogens with one attached hydrogen (secondary N) is 1. The number of hydrogen-bond acceptors (Lipinski definition) is 4. The van der Waals surface area contributed by atoms with Crippen LogP contribution in [-0.2, 0) is 9.59 Å². The molecule has 13 heavy (non-hydrogen) atoms. The molecule has 0 amide bonds. The van der Waals surface area contributed by atoms with E-state index in [1.807, 2.05) is 0 Å². The van der Waals surface area contributed by atoms with E-state index in [1.54, 1.807) is 24.5 Å². The van der Waals surface area contributed by atoms with Gasteiger partial charge in [-0.2, -0.15) is 0 Å². The molecule has 0 fully saturated rings. The SMILES string of the molecule is O=CCC(C=O)Nc1ccncc1. The fourth-order valence-corrected chi connectivity index (χ4v) is 0.914. The van der Waals surface area contributed by atoms with E-state index in [0.717, 1.165) is 12.0 Å². The number of aldehydes is 2. The fraction of sp³-hybridized carbons (Fsp3) is 0.222. The highest BCUT2D eigenvalue weighted by Crippen LogP contribution is 2.05. The van der Waals surface area contributed by atoms with Crippen molar-refractivity contribution >= 4 is 18.3 Å². The summed E-state index contributed by atoms with van der Waals surface area (Å²) in [6, 6.07) is 3.03. The highest BCUT2D eigenvalue weighted by molar-refractivity contribution is 5.69. The first-order valence-electron chi connectivity index (χ1n) is 3.92. The van der Waals surface area contributed by atoms with Gasteiger partial charge in [0, 0.05) is 24.5 Å². The first kappa shape index (κ1) is 9.38. The summed E-state index contributed by atoms with van der Waals surface area (Å²) in [6.07, 6.45) is 4.85. The second kappa shape index (κ2) is 5.03. The Kier molecular flexibility index (Phi) is 3.63. The molecule has 0 aromatic carbocycles. The summed E-state index contributed by atoms with van der Waals surface area (Å²) < 4.78 is 0. The average molecular weight is 178 g/mol. The summed E-state index contributed by atoms with van der Waals surface area (Å²) in [5.74, 6) is 0. The van der Waals surface area contributed by atoms with Crippen LogP contribution in [0.4, 0.5) is 5.69 Å². The average Bonchev–Trinajstić information content (AvgIpc) is 2.19.